The molecule has 1 heteroatoms. The van der Waals surface area contributed by atoms with Crippen LogP contribution in [0, 0.1) is 40.4 Å². The zero-order chi connectivity index (χ0) is 18.6. The maximum Gasteiger partial charge on any atom is 0.126 e. The van der Waals surface area contributed by atoms with Crippen LogP contribution in [0.2, 0.25) is 0 Å². The molecule has 0 unspecified atom stereocenters. The summed E-state index contributed by atoms with van der Waals surface area (Å²) in [6.45, 7) is 19.1. The summed E-state index contributed by atoms with van der Waals surface area (Å²) in [4.78, 5) is 0. The van der Waals surface area contributed by atoms with Crippen molar-refractivity contribution in [3.63, 3.8) is 0 Å². The highest BCUT2D eigenvalue weighted by Crippen LogP contribution is 2.25. The molecule has 0 aliphatic heterocycles. The Morgan fingerprint density at radius 3 is 1.50 bits per heavy atom. The van der Waals surface area contributed by atoms with E-state index in [2.05, 4.69) is 60.6 Å². The van der Waals surface area contributed by atoms with Crippen LogP contribution in [0.4, 0.5) is 4.39 Å². The first-order valence-corrected chi connectivity index (χ1v) is 8.89. The molecule has 0 aromatic heterocycles. The Kier molecular flexibility index (Phi) is 7.20. The van der Waals surface area contributed by atoms with Crippen molar-refractivity contribution >= 4 is 0 Å². The summed E-state index contributed by atoms with van der Waals surface area (Å²) in [7, 11) is 0. The van der Waals surface area contributed by atoms with E-state index >= 15 is 0 Å². The highest BCUT2D eigenvalue weighted by atomic mass is 19.1. The van der Waals surface area contributed by atoms with Gasteiger partial charge in [-0.2, -0.15) is 0 Å². The Bertz CT molecular complexity index is 670. The van der Waals surface area contributed by atoms with E-state index in [1.165, 1.54) is 33.9 Å². The summed E-state index contributed by atoms with van der Waals surface area (Å²) < 4.78 is 13.1. The smallest absolute Gasteiger partial charge is 0.126 e. The Morgan fingerprint density at radius 1 is 0.667 bits per heavy atom. The Balaban J connectivity index is 0.000000240. The SMILES string of the molecule is Cc1cc(C)c(C(C)C)c(C)c1.Cc1ccc(F)c(C)c1C(C)C. The molecule has 0 nitrogen and oxygen atoms in total. The van der Waals surface area contributed by atoms with Gasteiger partial charge >= 0.3 is 0 Å². The van der Waals surface area contributed by atoms with Crippen LogP contribution in [-0.2, 0) is 0 Å². The number of halogens is 1. The summed E-state index contributed by atoms with van der Waals surface area (Å²) in [5, 5.41) is 0. The molecule has 132 valence electrons. The molecule has 0 radical (unpaired) electrons. The van der Waals surface area contributed by atoms with Crippen molar-refractivity contribution in [1.29, 1.82) is 0 Å². The van der Waals surface area contributed by atoms with Crippen LogP contribution >= 0.6 is 0 Å². The van der Waals surface area contributed by atoms with E-state index in [4.69, 9.17) is 0 Å². The highest BCUT2D eigenvalue weighted by molar-refractivity contribution is 5.39. The van der Waals surface area contributed by atoms with Gasteiger partial charge in [-0.1, -0.05) is 51.5 Å². The summed E-state index contributed by atoms with van der Waals surface area (Å²) in [5.41, 5.74) is 8.88. The fourth-order valence-electron chi connectivity index (χ4n) is 3.83. The first-order valence-electron chi connectivity index (χ1n) is 8.89. The molecule has 0 spiro atoms. The van der Waals surface area contributed by atoms with Crippen LogP contribution in [0.5, 0.6) is 0 Å². The van der Waals surface area contributed by atoms with Gasteiger partial charge in [-0.15, -0.1) is 0 Å². The lowest BCUT2D eigenvalue weighted by molar-refractivity contribution is 0.611. The van der Waals surface area contributed by atoms with Gasteiger partial charge in [0, 0.05) is 0 Å². The quantitative estimate of drug-likeness (QED) is 0.542. The molecule has 0 bridgehead atoms. The van der Waals surface area contributed by atoms with Crippen LogP contribution in [0.3, 0.4) is 0 Å². The largest absolute Gasteiger partial charge is 0.207 e. The zero-order valence-electron chi connectivity index (χ0n) is 16.8. The van der Waals surface area contributed by atoms with E-state index in [0.29, 0.717) is 11.8 Å². The third-order valence-electron chi connectivity index (χ3n) is 4.56. The summed E-state index contributed by atoms with van der Waals surface area (Å²) in [5.74, 6) is 0.954. The van der Waals surface area contributed by atoms with Crippen molar-refractivity contribution in [2.45, 2.75) is 74.1 Å². The van der Waals surface area contributed by atoms with Gasteiger partial charge in [-0.25, -0.2) is 4.39 Å². The van der Waals surface area contributed by atoms with Gasteiger partial charge in [0.2, 0.25) is 0 Å². The number of hydrogen-bond donors (Lipinski definition) is 0. The first kappa shape index (κ1) is 20.4. The van der Waals surface area contributed by atoms with E-state index in [1.54, 1.807) is 0 Å². The highest BCUT2D eigenvalue weighted by Gasteiger charge is 2.09. The van der Waals surface area contributed by atoms with Gasteiger partial charge in [0.05, 0.1) is 0 Å². The fraction of sp³-hybridized carbons (Fsp3) is 0.478. The van der Waals surface area contributed by atoms with Crippen molar-refractivity contribution in [1.82, 2.24) is 0 Å². The number of aryl methyl sites for hydroxylation is 4. The molecule has 0 N–H and O–H groups in total. The van der Waals surface area contributed by atoms with Gasteiger partial charge in [-0.3, -0.25) is 0 Å². The van der Waals surface area contributed by atoms with Crippen molar-refractivity contribution in [2.75, 3.05) is 0 Å². The Morgan fingerprint density at radius 2 is 1.12 bits per heavy atom. The molecule has 0 atom stereocenters. The molecule has 2 aromatic rings. The topological polar surface area (TPSA) is 0 Å². The van der Waals surface area contributed by atoms with Crippen LogP contribution in [0.15, 0.2) is 24.3 Å². The van der Waals surface area contributed by atoms with E-state index in [1.807, 2.05) is 19.9 Å². The molecule has 2 aromatic carbocycles. The van der Waals surface area contributed by atoms with Gasteiger partial charge in [0.15, 0.2) is 0 Å². The van der Waals surface area contributed by atoms with E-state index in [9.17, 15) is 4.39 Å². The minimum Gasteiger partial charge on any atom is -0.207 e. The number of benzene rings is 2. The molecule has 0 heterocycles. The minimum absolute atomic E-state index is 0.0932. The van der Waals surface area contributed by atoms with Crippen LogP contribution in [-0.4, -0.2) is 0 Å². The second-order valence-corrected chi connectivity index (χ2v) is 7.52. The monoisotopic (exact) mass is 328 g/mol. The lowest BCUT2D eigenvalue weighted by Crippen LogP contribution is -1.98. The summed E-state index contributed by atoms with van der Waals surface area (Å²) >= 11 is 0. The average Bonchev–Trinajstić information content (AvgIpc) is 2.42. The maximum absolute atomic E-state index is 13.1. The van der Waals surface area contributed by atoms with Gasteiger partial charge in [-0.05, 0) is 85.9 Å². The third kappa shape index (κ3) is 4.93. The predicted octanol–water partition coefficient (Wildman–Crippen LogP) is 7.30. The second kappa shape index (κ2) is 8.46. The molecule has 0 saturated carbocycles. The molecule has 0 aliphatic carbocycles. The predicted molar refractivity (Wildman–Crippen MR) is 105 cm³/mol. The molecule has 0 aliphatic rings. The van der Waals surface area contributed by atoms with E-state index in [0.717, 1.165) is 11.1 Å². The van der Waals surface area contributed by atoms with Crippen LogP contribution in [0.1, 0.15) is 78.5 Å². The second-order valence-electron chi connectivity index (χ2n) is 7.52. The van der Waals surface area contributed by atoms with Crippen molar-refractivity contribution in [3.05, 3.63) is 69.0 Å². The molecule has 0 amide bonds. The summed E-state index contributed by atoms with van der Waals surface area (Å²) in [6, 6.07) is 7.92. The Hall–Kier alpha value is -1.63. The third-order valence-corrected chi connectivity index (χ3v) is 4.56. The van der Waals surface area contributed by atoms with E-state index in [-0.39, 0.29) is 5.82 Å². The normalized spacial score (nSPS) is 10.8. The minimum atomic E-state index is -0.0932. The van der Waals surface area contributed by atoms with Gasteiger partial charge < -0.3 is 0 Å². The lowest BCUT2D eigenvalue weighted by Gasteiger charge is -2.14. The van der Waals surface area contributed by atoms with E-state index < -0.39 is 0 Å². The maximum atomic E-state index is 13.1. The van der Waals surface area contributed by atoms with Crippen molar-refractivity contribution < 1.29 is 4.39 Å². The Labute approximate surface area is 148 Å². The number of rotatable bonds is 2. The van der Waals surface area contributed by atoms with Gasteiger partial charge in [0.25, 0.3) is 0 Å². The molecule has 0 fully saturated rings. The lowest BCUT2D eigenvalue weighted by atomic mass is 9.92. The standard InChI is InChI=1S/C12H18.C11H15F/c1-8(2)12-10(4)6-9(3)7-11(12)5;1-7(2)11-8(3)5-6-10(12)9(11)4/h6-8H,1-5H3;5-7H,1-4H3. The molecular weight excluding hydrogens is 295 g/mol. The fourth-order valence-corrected chi connectivity index (χ4v) is 3.83. The first-order chi connectivity index (χ1) is 11.1. The van der Waals surface area contributed by atoms with Gasteiger partial charge in [0.1, 0.15) is 5.82 Å². The van der Waals surface area contributed by atoms with Crippen molar-refractivity contribution in [3.8, 4) is 0 Å². The zero-order valence-corrected chi connectivity index (χ0v) is 16.8. The molecule has 0 saturated heterocycles. The average molecular weight is 329 g/mol. The summed E-state index contributed by atoms with van der Waals surface area (Å²) in [6.07, 6.45) is 0. The molecular formula is C23H33F. The van der Waals surface area contributed by atoms with Crippen LogP contribution in [0.25, 0.3) is 0 Å². The van der Waals surface area contributed by atoms with Crippen molar-refractivity contribution in [2.24, 2.45) is 0 Å². The molecule has 2 rings (SSSR count). The molecule has 24 heavy (non-hydrogen) atoms. The van der Waals surface area contributed by atoms with Crippen LogP contribution < -0.4 is 0 Å². The number of hydrogen-bond acceptors (Lipinski definition) is 0.